The van der Waals surface area contributed by atoms with Gasteiger partial charge in [-0.2, -0.15) is 0 Å². The zero-order valence-electron chi connectivity index (χ0n) is 13.1. The molecule has 0 fully saturated rings. The first kappa shape index (κ1) is 18.9. The maximum atomic E-state index is 6.10. The average Bonchev–Trinajstić information content (AvgIpc) is 2.47. The van der Waals surface area contributed by atoms with Crippen molar-refractivity contribution in [3.63, 3.8) is 0 Å². The van der Waals surface area contributed by atoms with E-state index >= 15 is 0 Å². The van der Waals surface area contributed by atoms with Crippen LogP contribution in [0.15, 0.2) is 22.7 Å². The Hall–Kier alpha value is -0.130. The van der Waals surface area contributed by atoms with Crippen LogP contribution in [0.4, 0.5) is 0 Å². The van der Waals surface area contributed by atoms with Crippen molar-refractivity contribution in [3.05, 3.63) is 33.3 Å². The van der Waals surface area contributed by atoms with Gasteiger partial charge in [0.1, 0.15) is 0 Å². The van der Waals surface area contributed by atoms with Crippen molar-refractivity contribution in [2.75, 3.05) is 26.8 Å². The van der Waals surface area contributed by atoms with Gasteiger partial charge in [0.05, 0.1) is 6.61 Å². The van der Waals surface area contributed by atoms with E-state index in [1.165, 1.54) is 5.56 Å². The van der Waals surface area contributed by atoms with Gasteiger partial charge in [-0.3, -0.25) is 4.90 Å². The molecule has 0 saturated carbocycles. The average molecular weight is 378 g/mol. The van der Waals surface area contributed by atoms with E-state index in [-0.39, 0.29) is 6.04 Å². The van der Waals surface area contributed by atoms with E-state index in [2.05, 4.69) is 40.7 Å². The highest BCUT2D eigenvalue weighted by Crippen LogP contribution is 2.31. The lowest BCUT2D eigenvalue weighted by molar-refractivity contribution is 0.0815. The third-order valence-electron chi connectivity index (χ3n) is 3.91. The van der Waals surface area contributed by atoms with Crippen molar-refractivity contribution in [2.24, 2.45) is 5.73 Å². The summed E-state index contributed by atoms with van der Waals surface area (Å²) in [5.74, 6) is 0. The summed E-state index contributed by atoms with van der Waals surface area (Å²) < 4.78 is 6.29. The van der Waals surface area contributed by atoms with Crippen molar-refractivity contribution < 1.29 is 4.74 Å². The van der Waals surface area contributed by atoms with Gasteiger partial charge in [-0.25, -0.2) is 0 Å². The fourth-order valence-electron chi connectivity index (χ4n) is 2.76. The Morgan fingerprint density at radius 1 is 1.33 bits per heavy atom. The highest BCUT2D eigenvalue weighted by Gasteiger charge is 2.26. The van der Waals surface area contributed by atoms with Crippen LogP contribution in [0.2, 0.25) is 5.02 Å². The summed E-state index contributed by atoms with van der Waals surface area (Å²) in [5.41, 5.74) is 7.28. The number of hydrogen-bond acceptors (Lipinski definition) is 3. The summed E-state index contributed by atoms with van der Waals surface area (Å²) in [6, 6.07) is 6.58. The molecule has 3 nitrogen and oxygen atoms in total. The minimum Gasteiger partial charge on any atom is -0.383 e. The van der Waals surface area contributed by atoms with Gasteiger partial charge in [0.25, 0.3) is 0 Å². The lowest BCUT2D eigenvalue weighted by atomic mass is 10.0. The first-order valence-corrected chi connectivity index (χ1v) is 8.65. The van der Waals surface area contributed by atoms with Crippen LogP contribution in [-0.2, 0) is 4.74 Å². The maximum absolute atomic E-state index is 6.10. The fourth-order valence-corrected chi connectivity index (χ4v) is 3.71. The van der Waals surface area contributed by atoms with E-state index < -0.39 is 0 Å². The predicted octanol–water partition coefficient (Wildman–Crippen LogP) is 4.24. The highest BCUT2D eigenvalue weighted by atomic mass is 79.9. The Kier molecular flexibility index (Phi) is 8.83. The van der Waals surface area contributed by atoms with Gasteiger partial charge in [0.2, 0.25) is 0 Å². The Labute approximate surface area is 141 Å². The van der Waals surface area contributed by atoms with Crippen LogP contribution in [0.3, 0.4) is 0 Å². The molecule has 0 radical (unpaired) electrons. The molecule has 1 aromatic carbocycles. The molecule has 0 aromatic heterocycles. The van der Waals surface area contributed by atoms with E-state index in [1.54, 1.807) is 7.11 Å². The molecule has 1 unspecified atom stereocenters. The number of ether oxygens (including phenoxy) is 1. The van der Waals surface area contributed by atoms with Crippen molar-refractivity contribution >= 4 is 27.5 Å². The van der Waals surface area contributed by atoms with E-state index in [9.17, 15) is 0 Å². The van der Waals surface area contributed by atoms with Gasteiger partial charge in [-0.05, 0) is 30.5 Å². The number of hydrogen-bond donors (Lipinski definition) is 1. The van der Waals surface area contributed by atoms with Crippen molar-refractivity contribution in [3.8, 4) is 0 Å². The number of benzene rings is 1. The normalized spacial score (nSPS) is 13.1. The molecule has 5 heteroatoms. The molecule has 1 rings (SSSR count). The van der Waals surface area contributed by atoms with Crippen molar-refractivity contribution in [1.29, 1.82) is 0 Å². The monoisotopic (exact) mass is 376 g/mol. The molecule has 120 valence electrons. The Morgan fingerprint density at radius 2 is 2.00 bits per heavy atom. The molecule has 1 aromatic rings. The summed E-state index contributed by atoms with van der Waals surface area (Å²) in [6.07, 6.45) is 2.20. The second-order valence-electron chi connectivity index (χ2n) is 5.12. The van der Waals surface area contributed by atoms with Gasteiger partial charge >= 0.3 is 0 Å². The molecule has 1 atom stereocenters. The number of halogens is 2. The quantitative estimate of drug-likeness (QED) is 0.699. The van der Waals surface area contributed by atoms with E-state index in [1.807, 2.05) is 12.1 Å². The van der Waals surface area contributed by atoms with E-state index in [4.69, 9.17) is 22.1 Å². The van der Waals surface area contributed by atoms with Gasteiger partial charge in [0, 0.05) is 41.8 Å². The minimum atomic E-state index is 0.164. The number of rotatable bonds is 9. The van der Waals surface area contributed by atoms with E-state index in [0.717, 1.165) is 28.9 Å². The first-order valence-electron chi connectivity index (χ1n) is 7.48. The predicted molar refractivity (Wildman–Crippen MR) is 93.9 cm³/mol. The summed E-state index contributed by atoms with van der Waals surface area (Å²) >= 11 is 9.67. The van der Waals surface area contributed by atoms with Gasteiger partial charge in [0.15, 0.2) is 0 Å². The van der Waals surface area contributed by atoms with Crippen LogP contribution >= 0.6 is 27.5 Å². The topological polar surface area (TPSA) is 38.5 Å². The summed E-state index contributed by atoms with van der Waals surface area (Å²) in [4.78, 5) is 2.46. The minimum absolute atomic E-state index is 0.164. The summed E-state index contributed by atoms with van der Waals surface area (Å²) in [7, 11) is 1.74. The molecule has 0 aliphatic heterocycles. The Morgan fingerprint density at radius 3 is 2.48 bits per heavy atom. The van der Waals surface area contributed by atoms with Gasteiger partial charge < -0.3 is 10.5 Å². The molecular formula is C16H26BrClN2O. The molecule has 0 spiro atoms. The summed E-state index contributed by atoms with van der Waals surface area (Å²) in [6.45, 7) is 6.59. The molecule has 0 amide bonds. The van der Waals surface area contributed by atoms with Gasteiger partial charge in [-0.1, -0.05) is 47.4 Å². The first-order chi connectivity index (χ1) is 10.1. The Bertz CT molecular complexity index is 427. The van der Waals surface area contributed by atoms with Crippen LogP contribution in [-0.4, -0.2) is 37.7 Å². The molecule has 2 N–H and O–H groups in total. The lowest BCUT2D eigenvalue weighted by Gasteiger charge is -2.37. The molecule has 0 aliphatic rings. The highest BCUT2D eigenvalue weighted by molar-refractivity contribution is 9.10. The Balaban J connectivity index is 3.09. The third kappa shape index (κ3) is 5.22. The van der Waals surface area contributed by atoms with Crippen LogP contribution in [0.25, 0.3) is 0 Å². The van der Waals surface area contributed by atoms with Crippen molar-refractivity contribution in [1.82, 2.24) is 4.90 Å². The van der Waals surface area contributed by atoms with Gasteiger partial charge in [-0.15, -0.1) is 0 Å². The van der Waals surface area contributed by atoms with Crippen molar-refractivity contribution in [2.45, 2.75) is 38.8 Å². The second-order valence-corrected chi connectivity index (χ2v) is 6.41. The third-order valence-corrected chi connectivity index (χ3v) is 4.83. The molecule has 0 saturated heterocycles. The van der Waals surface area contributed by atoms with Crippen LogP contribution in [0.1, 0.15) is 38.3 Å². The number of methoxy groups -OCH3 is 1. The fraction of sp³-hybridized carbons (Fsp3) is 0.625. The zero-order valence-corrected chi connectivity index (χ0v) is 15.5. The largest absolute Gasteiger partial charge is 0.383 e. The zero-order chi connectivity index (χ0) is 15.8. The maximum Gasteiger partial charge on any atom is 0.0590 e. The standard InChI is InChI=1S/C16H26BrClN2O/c1-4-13(5-2)20(8-9-21-3)16(11-19)14-7-6-12(18)10-15(14)17/h6-7,10,13,16H,4-5,8-9,11,19H2,1-3H3. The van der Waals surface area contributed by atoms with Crippen LogP contribution in [0.5, 0.6) is 0 Å². The van der Waals surface area contributed by atoms with Crippen LogP contribution in [0, 0.1) is 0 Å². The number of nitrogens with zero attached hydrogens (tertiary/aromatic N) is 1. The number of nitrogens with two attached hydrogens (primary N) is 1. The lowest BCUT2D eigenvalue weighted by Crippen LogP contribution is -2.43. The van der Waals surface area contributed by atoms with Crippen LogP contribution < -0.4 is 5.73 Å². The molecule has 0 heterocycles. The molecular weight excluding hydrogens is 352 g/mol. The smallest absolute Gasteiger partial charge is 0.0590 e. The SMILES string of the molecule is CCC(CC)N(CCOC)C(CN)c1ccc(Cl)cc1Br. The van der Waals surface area contributed by atoms with E-state index in [0.29, 0.717) is 19.2 Å². The molecule has 0 aliphatic carbocycles. The molecule has 21 heavy (non-hydrogen) atoms. The molecule has 0 bridgehead atoms. The summed E-state index contributed by atoms with van der Waals surface area (Å²) in [5, 5.41) is 0.729. The second kappa shape index (κ2) is 9.80.